The Morgan fingerprint density at radius 1 is 1.29 bits per heavy atom. The molecule has 2 rings (SSSR count). The van der Waals surface area contributed by atoms with E-state index in [-0.39, 0.29) is 0 Å². The van der Waals surface area contributed by atoms with Crippen molar-refractivity contribution in [2.75, 3.05) is 18.5 Å². The van der Waals surface area contributed by atoms with Crippen LogP contribution < -0.4 is 10.2 Å². The first-order chi connectivity index (χ1) is 10.2. The van der Waals surface area contributed by atoms with Gasteiger partial charge in [-0.2, -0.15) is 0 Å². The molecule has 0 spiro atoms. The third kappa shape index (κ3) is 4.51. The first-order valence-electron chi connectivity index (χ1n) is 7.54. The summed E-state index contributed by atoms with van der Waals surface area (Å²) in [6.45, 7) is 7.03. The predicted octanol–water partition coefficient (Wildman–Crippen LogP) is 3.24. The van der Waals surface area contributed by atoms with Gasteiger partial charge in [-0.15, -0.1) is 11.3 Å². The molecule has 0 unspecified atom stereocenters. The molecular weight excluding hydrogens is 280 g/mol. The molecule has 0 atom stereocenters. The lowest BCUT2D eigenvalue weighted by molar-refractivity contribution is 0.723. The lowest BCUT2D eigenvalue weighted by atomic mass is 10.2. The summed E-state index contributed by atoms with van der Waals surface area (Å²) in [4.78, 5) is 12.8. The van der Waals surface area contributed by atoms with E-state index in [1.807, 2.05) is 18.3 Å². The van der Waals surface area contributed by atoms with Crippen LogP contribution in [0.1, 0.15) is 36.5 Å². The Bertz CT molecular complexity index is 538. The van der Waals surface area contributed by atoms with E-state index in [1.165, 1.54) is 10.6 Å². The molecule has 5 heteroatoms. The molecule has 0 saturated carbocycles. The van der Waals surface area contributed by atoms with Crippen LogP contribution in [-0.4, -0.2) is 23.6 Å². The first-order valence-corrected chi connectivity index (χ1v) is 8.36. The molecular formula is C16H24N4S. The molecule has 0 saturated heterocycles. The van der Waals surface area contributed by atoms with Crippen LogP contribution in [0.25, 0.3) is 0 Å². The fourth-order valence-electron chi connectivity index (χ4n) is 2.14. The number of thiazole rings is 1. The quantitative estimate of drug-likeness (QED) is 0.813. The number of rotatable bonds is 8. The van der Waals surface area contributed by atoms with Crippen LogP contribution in [-0.2, 0) is 19.5 Å². The maximum atomic E-state index is 4.83. The zero-order valence-corrected chi connectivity index (χ0v) is 13.9. The molecule has 114 valence electrons. The van der Waals surface area contributed by atoms with Crippen LogP contribution in [0.15, 0.2) is 24.4 Å². The largest absolute Gasteiger partial charge is 0.345 e. The van der Waals surface area contributed by atoms with Crippen molar-refractivity contribution in [3.05, 3.63) is 40.7 Å². The normalized spacial score (nSPS) is 10.8. The average molecular weight is 304 g/mol. The van der Waals surface area contributed by atoms with Crippen LogP contribution in [0, 0.1) is 0 Å². The Labute approximate surface area is 131 Å². The first kappa shape index (κ1) is 15.9. The summed E-state index contributed by atoms with van der Waals surface area (Å²) in [5, 5.41) is 4.49. The number of nitrogens with zero attached hydrogens (tertiary/aromatic N) is 3. The van der Waals surface area contributed by atoms with E-state index >= 15 is 0 Å². The lowest BCUT2D eigenvalue weighted by Crippen LogP contribution is -2.16. The summed E-state index contributed by atoms with van der Waals surface area (Å²) in [5.74, 6) is 0. The highest BCUT2D eigenvalue weighted by Gasteiger charge is 2.13. The fraction of sp³-hybridized carbons (Fsp3) is 0.500. The maximum Gasteiger partial charge on any atom is 0.185 e. The zero-order chi connectivity index (χ0) is 15.1. The van der Waals surface area contributed by atoms with Gasteiger partial charge in [-0.1, -0.05) is 26.3 Å². The van der Waals surface area contributed by atoms with Gasteiger partial charge < -0.3 is 10.2 Å². The molecule has 0 amide bonds. The molecule has 2 heterocycles. The van der Waals surface area contributed by atoms with E-state index in [2.05, 4.69) is 42.2 Å². The molecule has 0 aliphatic rings. The second-order valence-electron chi connectivity index (χ2n) is 5.07. The monoisotopic (exact) mass is 304 g/mol. The third-order valence-corrected chi connectivity index (χ3v) is 4.45. The number of pyridine rings is 1. The minimum atomic E-state index is 0.792. The van der Waals surface area contributed by atoms with Crippen molar-refractivity contribution in [3.8, 4) is 0 Å². The molecule has 2 aromatic heterocycles. The van der Waals surface area contributed by atoms with Crippen LogP contribution in [0.3, 0.4) is 0 Å². The number of anilines is 1. The summed E-state index contributed by atoms with van der Waals surface area (Å²) in [6, 6.07) is 6.02. The topological polar surface area (TPSA) is 41.1 Å². The van der Waals surface area contributed by atoms with Crippen molar-refractivity contribution in [1.82, 2.24) is 15.3 Å². The van der Waals surface area contributed by atoms with E-state index in [0.29, 0.717) is 0 Å². The SMILES string of the molecule is CCCc1nc(N(C)Cc2ccccn2)sc1CNCC. The standard InChI is InChI=1S/C16H24N4S/c1-4-8-14-15(11-17-5-2)21-16(19-14)20(3)12-13-9-6-7-10-18-13/h6-7,9-10,17H,4-5,8,11-12H2,1-3H3. The van der Waals surface area contributed by atoms with Crippen LogP contribution >= 0.6 is 11.3 Å². The van der Waals surface area contributed by atoms with Gasteiger partial charge in [-0.05, 0) is 25.1 Å². The van der Waals surface area contributed by atoms with Crippen molar-refractivity contribution in [1.29, 1.82) is 0 Å². The molecule has 4 nitrogen and oxygen atoms in total. The highest BCUT2D eigenvalue weighted by Crippen LogP contribution is 2.27. The van der Waals surface area contributed by atoms with Gasteiger partial charge in [0.25, 0.3) is 0 Å². The van der Waals surface area contributed by atoms with E-state index in [1.54, 1.807) is 11.3 Å². The fourth-order valence-corrected chi connectivity index (χ4v) is 3.18. The van der Waals surface area contributed by atoms with Gasteiger partial charge in [-0.3, -0.25) is 4.98 Å². The maximum absolute atomic E-state index is 4.83. The number of hydrogen-bond donors (Lipinski definition) is 1. The van der Waals surface area contributed by atoms with E-state index < -0.39 is 0 Å². The van der Waals surface area contributed by atoms with Gasteiger partial charge in [0.05, 0.1) is 17.9 Å². The molecule has 21 heavy (non-hydrogen) atoms. The summed E-state index contributed by atoms with van der Waals surface area (Å²) in [5.41, 5.74) is 2.31. The average Bonchev–Trinajstić information content (AvgIpc) is 2.90. The minimum Gasteiger partial charge on any atom is -0.345 e. The zero-order valence-electron chi connectivity index (χ0n) is 13.1. The molecule has 2 aromatic rings. The Balaban J connectivity index is 2.10. The summed E-state index contributed by atoms with van der Waals surface area (Å²) in [6.07, 6.45) is 4.02. The molecule has 0 radical (unpaired) electrons. The Kier molecular flexibility index (Phi) is 6.14. The van der Waals surface area contributed by atoms with Crippen molar-refractivity contribution in [2.24, 2.45) is 0 Å². The Morgan fingerprint density at radius 3 is 2.81 bits per heavy atom. The van der Waals surface area contributed by atoms with Crippen molar-refractivity contribution in [3.63, 3.8) is 0 Å². The highest BCUT2D eigenvalue weighted by atomic mass is 32.1. The van der Waals surface area contributed by atoms with Gasteiger partial charge in [0.1, 0.15) is 0 Å². The second-order valence-corrected chi connectivity index (χ2v) is 6.14. The number of aromatic nitrogens is 2. The van der Waals surface area contributed by atoms with Gasteiger partial charge in [0, 0.05) is 24.7 Å². The van der Waals surface area contributed by atoms with Gasteiger partial charge in [0.15, 0.2) is 5.13 Å². The Morgan fingerprint density at radius 2 is 2.14 bits per heavy atom. The molecule has 1 N–H and O–H groups in total. The molecule has 0 aliphatic heterocycles. The van der Waals surface area contributed by atoms with Gasteiger partial charge in [-0.25, -0.2) is 4.98 Å². The number of hydrogen-bond acceptors (Lipinski definition) is 5. The summed E-state index contributed by atoms with van der Waals surface area (Å²) < 4.78 is 0. The van der Waals surface area contributed by atoms with Crippen molar-refractivity contribution < 1.29 is 0 Å². The molecule has 0 fully saturated rings. The van der Waals surface area contributed by atoms with Crippen LogP contribution in [0.2, 0.25) is 0 Å². The lowest BCUT2D eigenvalue weighted by Gasteiger charge is -2.14. The van der Waals surface area contributed by atoms with E-state index in [4.69, 9.17) is 4.98 Å². The Hall–Kier alpha value is -1.46. The molecule has 0 aliphatic carbocycles. The van der Waals surface area contributed by atoms with Crippen LogP contribution in [0.5, 0.6) is 0 Å². The molecule has 0 bridgehead atoms. The number of nitrogens with one attached hydrogen (secondary N) is 1. The summed E-state index contributed by atoms with van der Waals surface area (Å²) in [7, 11) is 2.08. The predicted molar refractivity (Wildman–Crippen MR) is 89.8 cm³/mol. The highest BCUT2D eigenvalue weighted by molar-refractivity contribution is 7.15. The van der Waals surface area contributed by atoms with Crippen molar-refractivity contribution in [2.45, 2.75) is 39.8 Å². The van der Waals surface area contributed by atoms with Crippen molar-refractivity contribution >= 4 is 16.5 Å². The van der Waals surface area contributed by atoms with Gasteiger partial charge >= 0.3 is 0 Å². The smallest absolute Gasteiger partial charge is 0.185 e. The number of aryl methyl sites for hydroxylation is 1. The van der Waals surface area contributed by atoms with E-state index in [9.17, 15) is 0 Å². The van der Waals surface area contributed by atoms with Gasteiger partial charge in [0.2, 0.25) is 0 Å². The third-order valence-electron chi connectivity index (χ3n) is 3.24. The van der Waals surface area contributed by atoms with Crippen LogP contribution in [0.4, 0.5) is 5.13 Å². The minimum absolute atomic E-state index is 0.792. The molecule has 0 aromatic carbocycles. The second kappa shape index (κ2) is 8.10. The van der Waals surface area contributed by atoms with E-state index in [0.717, 1.165) is 43.3 Å². The summed E-state index contributed by atoms with van der Waals surface area (Å²) >= 11 is 1.79.